The Morgan fingerprint density at radius 1 is 1.48 bits per heavy atom. The highest BCUT2D eigenvalue weighted by molar-refractivity contribution is 7.92. The molecule has 0 aromatic carbocycles. The van der Waals surface area contributed by atoms with E-state index < -0.39 is 14.8 Å². The maximum Gasteiger partial charge on any atom is 0.304 e. The molecule has 118 valence electrons. The van der Waals surface area contributed by atoms with Crippen LogP contribution in [0, 0.1) is 16.0 Å². The second kappa shape index (κ2) is 6.29. The summed E-state index contributed by atoms with van der Waals surface area (Å²) < 4.78 is 23.1. The van der Waals surface area contributed by atoms with Crippen molar-refractivity contribution >= 4 is 31.9 Å². The van der Waals surface area contributed by atoms with Crippen LogP contribution in [-0.2, 0) is 9.84 Å². The Morgan fingerprint density at radius 3 is 2.62 bits per heavy atom. The molecule has 0 saturated carbocycles. The number of sulfone groups is 1. The van der Waals surface area contributed by atoms with Gasteiger partial charge in [0.25, 0.3) is 0 Å². The zero-order chi connectivity index (χ0) is 15.6. The van der Waals surface area contributed by atoms with Gasteiger partial charge in [-0.05, 0) is 38.9 Å². The molecule has 1 saturated heterocycles. The van der Waals surface area contributed by atoms with Crippen LogP contribution in [0.15, 0.2) is 10.3 Å². The second-order valence-corrected chi connectivity index (χ2v) is 8.73. The third-order valence-electron chi connectivity index (χ3n) is 3.64. The highest BCUT2D eigenvalue weighted by atomic mass is 32.2. The normalized spacial score (nSPS) is 17.8. The van der Waals surface area contributed by atoms with Crippen molar-refractivity contribution < 1.29 is 13.3 Å². The number of rotatable bonds is 5. The Morgan fingerprint density at radius 2 is 2.10 bits per heavy atom. The van der Waals surface area contributed by atoms with E-state index in [2.05, 4.69) is 17.3 Å². The van der Waals surface area contributed by atoms with E-state index in [9.17, 15) is 18.5 Å². The van der Waals surface area contributed by atoms with E-state index in [1.165, 1.54) is 0 Å². The zero-order valence-corrected chi connectivity index (χ0v) is 13.7. The fourth-order valence-corrected chi connectivity index (χ4v) is 4.25. The molecule has 0 atom stereocenters. The fourth-order valence-electron chi connectivity index (χ4n) is 2.31. The van der Waals surface area contributed by atoms with Crippen molar-refractivity contribution in [2.24, 2.45) is 5.92 Å². The van der Waals surface area contributed by atoms with Crippen molar-refractivity contribution in [2.75, 3.05) is 38.3 Å². The van der Waals surface area contributed by atoms with E-state index in [-0.39, 0.29) is 9.90 Å². The van der Waals surface area contributed by atoms with Crippen LogP contribution in [0.1, 0.15) is 12.8 Å². The summed E-state index contributed by atoms with van der Waals surface area (Å²) in [7, 11) is -1.35. The van der Waals surface area contributed by atoms with Crippen LogP contribution in [0.4, 0.5) is 10.7 Å². The SMILES string of the molecule is CN1CCC(CNc2sc(S(C)(=O)=O)cc2[N+](=O)[O-])CC1. The van der Waals surface area contributed by atoms with E-state index in [1.807, 2.05) is 0 Å². The lowest BCUT2D eigenvalue weighted by Crippen LogP contribution is -2.32. The molecule has 2 rings (SSSR count). The number of hydrogen-bond donors (Lipinski definition) is 1. The standard InChI is InChI=1S/C12H19N3O4S2/c1-14-5-3-9(4-6-14)8-13-12-10(15(16)17)7-11(20-12)21(2,18)19/h7,9,13H,3-6,8H2,1-2H3. The number of nitro groups is 1. The Balaban J connectivity index is 2.08. The smallest absolute Gasteiger partial charge is 0.304 e. The molecular formula is C12H19N3O4S2. The third-order valence-corrected chi connectivity index (χ3v) is 6.53. The van der Waals surface area contributed by atoms with Gasteiger partial charge < -0.3 is 10.2 Å². The lowest BCUT2D eigenvalue weighted by atomic mass is 9.97. The summed E-state index contributed by atoms with van der Waals surface area (Å²) in [6, 6.07) is 1.14. The van der Waals surface area contributed by atoms with Crippen LogP contribution in [0.5, 0.6) is 0 Å². The second-order valence-electron chi connectivity index (χ2n) is 5.44. The van der Waals surface area contributed by atoms with Crippen LogP contribution in [0.25, 0.3) is 0 Å². The lowest BCUT2D eigenvalue weighted by molar-refractivity contribution is -0.383. The fraction of sp³-hybridized carbons (Fsp3) is 0.667. The number of likely N-dealkylation sites (tertiary alicyclic amines) is 1. The maximum atomic E-state index is 11.5. The summed E-state index contributed by atoms with van der Waals surface area (Å²) in [6.07, 6.45) is 3.15. The highest BCUT2D eigenvalue weighted by Crippen LogP contribution is 2.37. The molecule has 1 fully saturated rings. The first-order valence-electron chi connectivity index (χ1n) is 6.68. The summed E-state index contributed by atoms with van der Waals surface area (Å²) >= 11 is 0.933. The van der Waals surface area contributed by atoms with Crippen molar-refractivity contribution in [1.82, 2.24) is 4.90 Å². The van der Waals surface area contributed by atoms with Crippen molar-refractivity contribution in [3.05, 3.63) is 16.2 Å². The molecule has 21 heavy (non-hydrogen) atoms. The van der Waals surface area contributed by atoms with Gasteiger partial charge in [0.05, 0.1) is 4.92 Å². The number of piperidine rings is 1. The quantitative estimate of drug-likeness (QED) is 0.652. The van der Waals surface area contributed by atoms with Crippen LogP contribution in [0.2, 0.25) is 0 Å². The summed E-state index contributed by atoms with van der Waals surface area (Å²) in [6.45, 7) is 2.68. The van der Waals surface area contributed by atoms with E-state index in [1.54, 1.807) is 0 Å². The Kier molecular flexibility index (Phi) is 4.84. The molecule has 7 nitrogen and oxygen atoms in total. The van der Waals surface area contributed by atoms with Crippen LogP contribution in [-0.4, -0.2) is 51.2 Å². The van der Waals surface area contributed by atoms with Gasteiger partial charge >= 0.3 is 5.69 Å². The number of anilines is 1. The van der Waals surface area contributed by atoms with E-state index in [0.29, 0.717) is 17.5 Å². The molecular weight excluding hydrogens is 314 g/mol. The molecule has 1 aromatic heterocycles. The molecule has 0 aliphatic carbocycles. The molecule has 1 N–H and O–H groups in total. The predicted molar refractivity (Wildman–Crippen MR) is 82.8 cm³/mol. The lowest BCUT2D eigenvalue weighted by Gasteiger charge is -2.28. The Bertz CT molecular complexity index is 618. The first kappa shape index (κ1) is 16.2. The van der Waals surface area contributed by atoms with Gasteiger partial charge in [-0.25, -0.2) is 8.42 Å². The molecule has 1 aromatic rings. The summed E-state index contributed by atoms with van der Waals surface area (Å²) in [5.74, 6) is 0.463. The van der Waals surface area contributed by atoms with E-state index >= 15 is 0 Å². The zero-order valence-electron chi connectivity index (χ0n) is 12.0. The molecule has 0 amide bonds. The third kappa shape index (κ3) is 4.14. The number of nitrogens with one attached hydrogen (secondary N) is 1. The minimum absolute atomic E-state index is 0.0278. The van der Waals surface area contributed by atoms with Crippen molar-refractivity contribution in [2.45, 2.75) is 17.1 Å². The van der Waals surface area contributed by atoms with Crippen LogP contribution in [0.3, 0.4) is 0 Å². The molecule has 0 bridgehead atoms. The molecule has 1 aliphatic heterocycles. The first-order chi connectivity index (χ1) is 9.77. The Hall–Kier alpha value is -1.19. The van der Waals surface area contributed by atoms with Gasteiger partial charge in [-0.15, -0.1) is 0 Å². The minimum Gasteiger partial charge on any atom is -0.371 e. The van der Waals surface area contributed by atoms with Crippen molar-refractivity contribution in [3.63, 3.8) is 0 Å². The molecule has 0 unspecified atom stereocenters. The van der Waals surface area contributed by atoms with Gasteiger partial charge in [-0.3, -0.25) is 10.1 Å². The number of thiophene rings is 1. The topological polar surface area (TPSA) is 92.6 Å². The maximum absolute atomic E-state index is 11.5. The predicted octanol–water partition coefficient (Wildman–Crippen LogP) is 1.81. The van der Waals surface area contributed by atoms with Crippen LogP contribution < -0.4 is 5.32 Å². The van der Waals surface area contributed by atoms with E-state index in [4.69, 9.17) is 0 Å². The van der Waals surface area contributed by atoms with Gasteiger partial charge in [0, 0.05) is 18.9 Å². The van der Waals surface area contributed by atoms with Gasteiger partial charge in [0.2, 0.25) is 0 Å². The van der Waals surface area contributed by atoms with Crippen molar-refractivity contribution in [3.8, 4) is 0 Å². The van der Waals surface area contributed by atoms with Crippen LogP contribution >= 0.6 is 11.3 Å². The van der Waals surface area contributed by atoms with Gasteiger partial charge in [-0.2, -0.15) is 0 Å². The average Bonchev–Trinajstić information content (AvgIpc) is 2.82. The van der Waals surface area contributed by atoms with Gasteiger partial charge in [-0.1, -0.05) is 11.3 Å². The average molecular weight is 333 g/mol. The first-order valence-corrected chi connectivity index (χ1v) is 9.39. The minimum atomic E-state index is -3.42. The molecule has 0 spiro atoms. The molecule has 1 aliphatic rings. The van der Waals surface area contributed by atoms with E-state index in [0.717, 1.165) is 49.6 Å². The summed E-state index contributed by atoms with van der Waals surface area (Å²) in [5, 5.41) is 14.4. The largest absolute Gasteiger partial charge is 0.371 e. The van der Waals surface area contributed by atoms with Gasteiger partial charge in [0.1, 0.15) is 4.21 Å². The molecule has 0 radical (unpaired) electrons. The monoisotopic (exact) mass is 333 g/mol. The van der Waals surface area contributed by atoms with Gasteiger partial charge in [0.15, 0.2) is 14.8 Å². The summed E-state index contributed by atoms with van der Waals surface area (Å²) in [5.41, 5.74) is -0.159. The highest BCUT2D eigenvalue weighted by Gasteiger charge is 2.24. The number of hydrogen-bond acceptors (Lipinski definition) is 7. The molecule has 2 heterocycles. The summed E-state index contributed by atoms with van der Waals surface area (Å²) in [4.78, 5) is 12.7. The molecule has 9 heteroatoms. The van der Waals surface area contributed by atoms with Crippen molar-refractivity contribution in [1.29, 1.82) is 0 Å². The Labute approximate surface area is 128 Å². The number of nitrogens with zero attached hydrogens (tertiary/aromatic N) is 2.